The summed E-state index contributed by atoms with van der Waals surface area (Å²) < 4.78 is 0. The van der Waals surface area contributed by atoms with Gasteiger partial charge in [-0.2, -0.15) is 0 Å². The molecule has 0 atom stereocenters. The molecule has 0 aliphatic rings. The average molecular weight is 240 g/mol. The van der Waals surface area contributed by atoms with Crippen LogP contribution < -0.4 is 0 Å². The third kappa shape index (κ3) is 2.43. The Hall–Kier alpha value is -0.110. The molecule has 1 rings (SSSR count). The fourth-order valence-corrected chi connectivity index (χ4v) is 1.67. The lowest BCUT2D eigenvalue weighted by molar-refractivity contribution is 0.465. The van der Waals surface area contributed by atoms with Gasteiger partial charge in [-0.05, 0) is 17.7 Å². The van der Waals surface area contributed by atoms with E-state index in [1.807, 2.05) is 0 Å². The predicted octanol–water partition coefficient (Wildman–Crippen LogP) is 3.61. The van der Waals surface area contributed by atoms with Gasteiger partial charge in [0.1, 0.15) is 5.75 Å². The van der Waals surface area contributed by atoms with Crippen LogP contribution in [0.15, 0.2) is 12.1 Å². The van der Waals surface area contributed by atoms with Gasteiger partial charge in [0.15, 0.2) is 0 Å². The van der Waals surface area contributed by atoms with Gasteiger partial charge < -0.3 is 5.11 Å². The second-order valence-electron chi connectivity index (χ2n) is 2.66. The molecule has 0 saturated heterocycles. The number of hydrogen-bond acceptors (Lipinski definition) is 1. The maximum atomic E-state index is 9.60. The first-order valence-electron chi connectivity index (χ1n) is 3.74. The van der Waals surface area contributed by atoms with E-state index in [1.165, 1.54) is 0 Å². The molecule has 1 aromatic rings. The van der Waals surface area contributed by atoms with E-state index >= 15 is 0 Å². The Morgan fingerprint density at radius 1 is 0.923 bits per heavy atom. The average Bonchev–Trinajstić information content (AvgIpc) is 2.18. The lowest BCUT2D eigenvalue weighted by atomic mass is 10.1. The van der Waals surface area contributed by atoms with Crippen molar-refractivity contribution in [2.45, 2.75) is 17.6 Å². The van der Waals surface area contributed by atoms with Crippen molar-refractivity contribution in [1.29, 1.82) is 0 Å². The molecule has 0 aromatic heterocycles. The molecule has 0 aliphatic heterocycles. The number of phenolic OH excluding ortho intramolecular Hbond substituents is 1. The van der Waals surface area contributed by atoms with Crippen molar-refractivity contribution < 1.29 is 5.11 Å². The smallest absolute Gasteiger partial charge is 0.124 e. The topological polar surface area (TPSA) is 20.2 Å². The van der Waals surface area contributed by atoms with E-state index in [2.05, 4.69) is 0 Å². The number of aromatic hydroxyl groups is 1. The van der Waals surface area contributed by atoms with Crippen LogP contribution in [0.25, 0.3) is 0 Å². The minimum absolute atomic E-state index is 0.180. The number of alkyl halides is 3. The lowest BCUT2D eigenvalue weighted by Gasteiger charge is -2.07. The molecule has 13 heavy (non-hydrogen) atoms. The number of benzene rings is 1. The monoisotopic (exact) mass is 238 g/mol. The Bertz CT molecular complexity index is 274. The molecule has 4 heteroatoms. The van der Waals surface area contributed by atoms with Gasteiger partial charge in [-0.3, -0.25) is 0 Å². The number of rotatable bonds is 3. The maximum absolute atomic E-state index is 9.60. The standard InChI is InChI=1S/C9H9Cl3O/c10-3-6-1-7(4-11)9(13)8(2-6)5-12/h1-2,13H,3-5H2. The van der Waals surface area contributed by atoms with Crippen molar-refractivity contribution in [3.8, 4) is 5.75 Å². The molecule has 0 aliphatic carbocycles. The van der Waals surface area contributed by atoms with E-state index in [1.54, 1.807) is 12.1 Å². The Morgan fingerprint density at radius 2 is 1.38 bits per heavy atom. The minimum atomic E-state index is 0.180. The highest BCUT2D eigenvalue weighted by atomic mass is 35.5. The molecule has 1 aromatic carbocycles. The first-order valence-corrected chi connectivity index (χ1v) is 5.34. The maximum Gasteiger partial charge on any atom is 0.124 e. The molecule has 72 valence electrons. The molecule has 1 nitrogen and oxygen atoms in total. The summed E-state index contributed by atoms with van der Waals surface area (Å²) >= 11 is 17.0. The summed E-state index contributed by atoms with van der Waals surface area (Å²) in [6.07, 6.45) is 0. The third-order valence-electron chi connectivity index (χ3n) is 1.77. The zero-order valence-electron chi connectivity index (χ0n) is 6.86. The highest BCUT2D eigenvalue weighted by Gasteiger charge is 2.07. The SMILES string of the molecule is Oc1c(CCl)cc(CCl)cc1CCl. The molecule has 0 heterocycles. The Labute approximate surface area is 92.2 Å². The fraction of sp³-hybridized carbons (Fsp3) is 0.333. The first kappa shape index (κ1) is 11.0. The van der Waals surface area contributed by atoms with E-state index in [0.29, 0.717) is 17.0 Å². The Morgan fingerprint density at radius 3 is 1.69 bits per heavy atom. The van der Waals surface area contributed by atoms with Crippen molar-refractivity contribution >= 4 is 34.8 Å². The van der Waals surface area contributed by atoms with Gasteiger partial charge in [0.05, 0.1) is 11.8 Å². The summed E-state index contributed by atoms with van der Waals surface area (Å²) in [5.74, 6) is 1.11. The molecule has 0 unspecified atom stereocenters. The van der Waals surface area contributed by atoms with Gasteiger partial charge in [-0.25, -0.2) is 0 Å². The zero-order valence-corrected chi connectivity index (χ0v) is 9.12. The highest BCUT2D eigenvalue weighted by Crippen LogP contribution is 2.27. The molecule has 0 amide bonds. The number of hydrogen-bond donors (Lipinski definition) is 1. The third-order valence-corrected chi connectivity index (χ3v) is 2.65. The van der Waals surface area contributed by atoms with Crippen LogP contribution in [0, 0.1) is 0 Å². The van der Waals surface area contributed by atoms with E-state index < -0.39 is 0 Å². The minimum Gasteiger partial charge on any atom is -0.507 e. The van der Waals surface area contributed by atoms with Crippen LogP contribution in [0.1, 0.15) is 16.7 Å². The molecular weight excluding hydrogens is 230 g/mol. The first-order chi connectivity index (χ1) is 6.22. The molecule has 0 bridgehead atoms. The van der Waals surface area contributed by atoms with Crippen LogP contribution >= 0.6 is 34.8 Å². The van der Waals surface area contributed by atoms with Crippen LogP contribution in [-0.2, 0) is 17.6 Å². The van der Waals surface area contributed by atoms with Crippen molar-refractivity contribution in [3.05, 3.63) is 28.8 Å². The summed E-state index contributed by atoms with van der Waals surface area (Å²) in [4.78, 5) is 0. The lowest BCUT2D eigenvalue weighted by Crippen LogP contribution is -1.90. The number of phenols is 1. The van der Waals surface area contributed by atoms with Crippen LogP contribution in [0.2, 0.25) is 0 Å². The van der Waals surface area contributed by atoms with Crippen molar-refractivity contribution in [1.82, 2.24) is 0 Å². The van der Waals surface area contributed by atoms with E-state index in [0.717, 1.165) is 5.56 Å². The number of halogens is 3. The van der Waals surface area contributed by atoms with E-state index in [-0.39, 0.29) is 17.5 Å². The van der Waals surface area contributed by atoms with Gasteiger partial charge in [0.2, 0.25) is 0 Å². The Kier molecular flexibility index (Phi) is 4.17. The van der Waals surface area contributed by atoms with Crippen LogP contribution in [0.5, 0.6) is 5.75 Å². The van der Waals surface area contributed by atoms with Gasteiger partial charge >= 0.3 is 0 Å². The van der Waals surface area contributed by atoms with Crippen molar-refractivity contribution in [3.63, 3.8) is 0 Å². The summed E-state index contributed by atoms with van der Waals surface area (Å²) in [5, 5.41) is 9.60. The van der Waals surface area contributed by atoms with E-state index in [9.17, 15) is 5.11 Å². The molecule has 0 radical (unpaired) electrons. The predicted molar refractivity (Wildman–Crippen MR) is 56.8 cm³/mol. The molecular formula is C9H9Cl3O. The highest BCUT2D eigenvalue weighted by molar-refractivity contribution is 6.18. The second kappa shape index (κ2) is 4.94. The van der Waals surface area contributed by atoms with Crippen molar-refractivity contribution in [2.75, 3.05) is 0 Å². The summed E-state index contributed by atoms with van der Waals surface area (Å²) in [5.41, 5.74) is 2.27. The summed E-state index contributed by atoms with van der Waals surface area (Å²) in [6, 6.07) is 3.57. The van der Waals surface area contributed by atoms with Crippen molar-refractivity contribution in [2.24, 2.45) is 0 Å². The fourth-order valence-electron chi connectivity index (χ4n) is 1.11. The van der Waals surface area contributed by atoms with E-state index in [4.69, 9.17) is 34.8 Å². The van der Waals surface area contributed by atoms with Gasteiger partial charge in [-0.1, -0.05) is 0 Å². The Balaban J connectivity index is 3.20. The van der Waals surface area contributed by atoms with Gasteiger partial charge in [0, 0.05) is 17.0 Å². The van der Waals surface area contributed by atoms with Gasteiger partial charge in [-0.15, -0.1) is 34.8 Å². The quantitative estimate of drug-likeness (QED) is 0.799. The normalized spacial score (nSPS) is 10.4. The summed E-state index contributed by atoms with van der Waals surface area (Å²) in [6.45, 7) is 0. The largest absolute Gasteiger partial charge is 0.507 e. The van der Waals surface area contributed by atoms with Gasteiger partial charge in [0.25, 0.3) is 0 Å². The second-order valence-corrected chi connectivity index (χ2v) is 3.47. The van der Waals surface area contributed by atoms with Crippen LogP contribution in [0.4, 0.5) is 0 Å². The van der Waals surface area contributed by atoms with Crippen LogP contribution in [0.3, 0.4) is 0 Å². The van der Waals surface area contributed by atoms with Crippen LogP contribution in [-0.4, -0.2) is 5.11 Å². The molecule has 0 saturated carbocycles. The zero-order chi connectivity index (χ0) is 9.84. The summed E-state index contributed by atoms with van der Waals surface area (Å²) in [7, 11) is 0. The molecule has 0 spiro atoms. The molecule has 1 N–H and O–H groups in total. The molecule has 0 fully saturated rings.